The highest BCUT2D eigenvalue weighted by Gasteiger charge is 2.27. The van der Waals surface area contributed by atoms with Crippen LogP contribution in [-0.4, -0.2) is 32.7 Å². The fourth-order valence-corrected chi connectivity index (χ4v) is 3.19. The van der Waals surface area contributed by atoms with Crippen molar-refractivity contribution in [3.63, 3.8) is 0 Å². The number of anilines is 1. The molecule has 2 aromatic rings. The third-order valence-corrected chi connectivity index (χ3v) is 4.27. The van der Waals surface area contributed by atoms with Gasteiger partial charge in [0.25, 0.3) is 0 Å². The van der Waals surface area contributed by atoms with E-state index in [9.17, 15) is 5.11 Å². The molecule has 0 radical (unpaired) electrons. The van der Waals surface area contributed by atoms with Crippen molar-refractivity contribution in [3.8, 4) is 11.4 Å². The first-order valence-corrected chi connectivity index (χ1v) is 7.90. The Morgan fingerprint density at radius 2 is 2.23 bits per heavy atom. The monoisotopic (exact) mass is 298 g/mol. The number of nitrogens with one attached hydrogen (secondary N) is 1. The van der Waals surface area contributed by atoms with Crippen LogP contribution in [0.4, 0.5) is 5.82 Å². The lowest BCUT2D eigenvalue weighted by Gasteiger charge is -2.21. The summed E-state index contributed by atoms with van der Waals surface area (Å²) in [6.45, 7) is 2.24. The van der Waals surface area contributed by atoms with Crippen LogP contribution in [0.1, 0.15) is 31.4 Å². The van der Waals surface area contributed by atoms with Crippen molar-refractivity contribution < 1.29 is 5.11 Å². The molecule has 1 aliphatic rings. The molecule has 0 amide bonds. The van der Waals surface area contributed by atoms with E-state index in [1.807, 2.05) is 25.1 Å². The minimum Gasteiger partial charge on any atom is -0.396 e. The van der Waals surface area contributed by atoms with Crippen LogP contribution in [0.25, 0.3) is 11.4 Å². The topological polar surface area (TPSA) is 70.9 Å². The summed E-state index contributed by atoms with van der Waals surface area (Å²) in [5, 5.41) is 12.7. The minimum absolute atomic E-state index is 0.257. The van der Waals surface area contributed by atoms with Crippen LogP contribution in [0, 0.1) is 12.8 Å². The molecule has 0 spiro atoms. The fraction of sp³-hybridized carbons (Fsp3) is 0.471. The van der Waals surface area contributed by atoms with Crippen LogP contribution >= 0.6 is 0 Å². The number of aliphatic hydroxyl groups is 1. The van der Waals surface area contributed by atoms with Gasteiger partial charge in [-0.15, -0.1) is 0 Å². The van der Waals surface area contributed by atoms with Gasteiger partial charge >= 0.3 is 0 Å². The van der Waals surface area contributed by atoms with Gasteiger partial charge < -0.3 is 10.4 Å². The molecule has 2 aromatic heterocycles. The summed E-state index contributed by atoms with van der Waals surface area (Å²) in [5.41, 5.74) is 1.86. The summed E-state index contributed by atoms with van der Waals surface area (Å²) in [6.07, 6.45) is 7.91. The molecule has 0 saturated heterocycles. The van der Waals surface area contributed by atoms with E-state index in [4.69, 9.17) is 0 Å². The van der Waals surface area contributed by atoms with Crippen molar-refractivity contribution in [3.05, 3.63) is 36.3 Å². The number of pyridine rings is 1. The zero-order chi connectivity index (χ0) is 15.4. The molecular formula is C17H22N4O. The van der Waals surface area contributed by atoms with Crippen molar-refractivity contribution in [2.75, 3.05) is 11.9 Å². The summed E-state index contributed by atoms with van der Waals surface area (Å²) in [4.78, 5) is 13.3. The van der Waals surface area contributed by atoms with E-state index < -0.39 is 0 Å². The molecule has 2 heterocycles. The van der Waals surface area contributed by atoms with E-state index in [1.54, 1.807) is 12.4 Å². The molecule has 1 fully saturated rings. The minimum atomic E-state index is 0.257. The molecular weight excluding hydrogens is 276 g/mol. The van der Waals surface area contributed by atoms with E-state index in [0.29, 0.717) is 17.8 Å². The van der Waals surface area contributed by atoms with Gasteiger partial charge in [-0.3, -0.25) is 4.98 Å². The molecule has 2 unspecified atom stereocenters. The van der Waals surface area contributed by atoms with Gasteiger partial charge in [0, 0.05) is 42.4 Å². The van der Waals surface area contributed by atoms with Crippen molar-refractivity contribution in [2.45, 2.75) is 38.6 Å². The summed E-state index contributed by atoms with van der Waals surface area (Å²) in [7, 11) is 0. The molecule has 3 rings (SSSR count). The highest BCUT2D eigenvalue weighted by atomic mass is 16.3. The van der Waals surface area contributed by atoms with Crippen LogP contribution in [0.15, 0.2) is 30.6 Å². The molecule has 0 bridgehead atoms. The van der Waals surface area contributed by atoms with Crippen molar-refractivity contribution >= 4 is 5.82 Å². The highest BCUT2D eigenvalue weighted by molar-refractivity contribution is 5.56. The maximum Gasteiger partial charge on any atom is 0.163 e. The normalized spacial score (nSPS) is 21.0. The first-order chi connectivity index (χ1) is 10.8. The van der Waals surface area contributed by atoms with Crippen molar-refractivity contribution in [2.24, 2.45) is 5.92 Å². The summed E-state index contributed by atoms with van der Waals surface area (Å²) in [6, 6.07) is 6.23. The first-order valence-electron chi connectivity index (χ1n) is 7.90. The van der Waals surface area contributed by atoms with Crippen molar-refractivity contribution in [1.82, 2.24) is 15.0 Å². The number of hydrogen-bond donors (Lipinski definition) is 2. The molecule has 0 aromatic carbocycles. The maximum atomic E-state index is 9.19. The molecule has 116 valence electrons. The van der Waals surface area contributed by atoms with E-state index in [0.717, 1.165) is 29.9 Å². The Balaban J connectivity index is 1.81. The van der Waals surface area contributed by atoms with Crippen LogP contribution < -0.4 is 5.32 Å². The summed E-state index contributed by atoms with van der Waals surface area (Å²) >= 11 is 0. The van der Waals surface area contributed by atoms with Crippen LogP contribution in [0.5, 0.6) is 0 Å². The second kappa shape index (κ2) is 6.83. The van der Waals surface area contributed by atoms with Gasteiger partial charge in [0.05, 0.1) is 0 Å². The van der Waals surface area contributed by atoms with Crippen LogP contribution in [0.3, 0.4) is 0 Å². The number of nitrogens with zero attached hydrogens (tertiary/aromatic N) is 3. The van der Waals surface area contributed by atoms with Gasteiger partial charge in [-0.1, -0.05) is 6.42 Å². The number of aryl methyl sites for hydroxylation is 1. The Morgan fingerprint density at radius 3 is 3.00 bits per heavy atom. The molecule has 5 heteroatoms. The average Bonchev–Trinajstić information content (AvgIpc) is 2.95. The molecule has 2 atom stereocenters. The van der Waals surface area contributed by atoms with E-state index >= 15 is 0 Å². The van der Waals surface area contributed by atoms with E-state index in [-0.39, 0.29) is 6.61 Å². The number of aliphatic hydroxyl groups excluding tert-OH is 1. The fourth-order valence-electron chi connectivity index (χ4n) is 3.19. The van der Waals surface area contributed by atoms with Gasteiger partial charge in [-0.05, 0) is 44.2 Å². The first kappa shape index (κ1) is 14.9. The molecule has 0 aliphatic heterocycles. The van der Waals surface area contributed by atoms with Gasteiger partial charge in [0.2, 0.25) is 0 Å². The molecule has 2 N–H and O–H groups in total. The third-order valence-electron chi connectivity index (χ3n) is 4.27. The number of aromatic nitrogens is 3. The summed E-state index contributed by atoms with van der Waals surface area (Å²) in [5.74, 6) is 2.09. The quantitative estimate of drug-likeness (QED) is 0.888. The zero-order valence-electron chi connectivity index (χ0n) is 12.9. The largest absolute Gasteiger partial charge is 0.396 e. The lowest BCUT2D eigenvalue weighted by atomic mass is 10.00. The molecule has 22 heavy (non-hydrogen) atoms. The van der Waals surface area contributed by atoms with Gasteiger partial charge in [-0.25, -0.2) is 9.97 Å². The Kier molecular flexibility index (Phi) is 4.63. The Morgan fingerprint density at radius 1 is 1.32 bits per heavy atom. The number of hydrogen-bond acceptors (Lipinski definition) is 5. The van der Waals surface area contributed by atoms with Gasteiger partial charge in [0.1, 0.15) is 5.82 Å². The second-order valence-electron chi connectivity index (χ2n) is 5.91. The van der Waals surface area contributed by atoms with Crippen molar-refractivity contribution in [1.29, 1.82) is 0 Å². The predicted octanol–water partition coefficient (Wildman–Crippen LogP) is 2.81. The van der Waals surface area contributed by atoms with E-state index in [2.05, 4.69) is 20.3 Å². The molecule has 1 aliphatic carbocycles. The number of rotatable bonds is 5. The molecule has 5 nitrogen and oxygen atoms in total. The zero-order valence-corrected chi connectivity index (χ0v) is 12.9. The van der Waals surface area contributed by atoms with Crippen LogP contribution in [-0.2, 0) is 0 Å². The Labute approximate surface area is 130 Å². The summed E-state index contributed by atoms with van der Waals surface area (Å²) < 4.78 is 0. The van der Waals surface area contributed by atoms with Gasteiger partial charge in [-0.2, -0.15) is 0 Å². The lowest BCUT2D eigenvalue weighted by molar-refractivity contribution is 0.254. The smallest absolute Gasteiger partial charge is 0.163 e. The predicted molar refractivity (Wildman–Crippen MR) is 86.5 cm³/mol. The van der Waals surface area contributed by atoms with E-state index in [1.165, 1.54) is 12.8 Å². The highest BCUT2D eigenvalue weighted by Crippen LogP contribution is 2.30. The third kappa shape index (κ3) is 3.42. The maximum absolute atomic E-state index is 9.19. The Bertz CT molecular complexity index is 617. The second-order valence-corrected chi connectivity index (χ2v) is 5.91. The molecule has 1 saturated carbocycles. The standard InChI is InChI=1S/C17H22N4O/c1-12-10-16(20-15-6-2-4-13(15)7-9-22)21-17(19-12)14-5-3-8-18-11-14/h3,5,8,10-11,13,15,22H,2,4,6-7,9H2,1H3,(H,19,20,21). The van der Waals surface area contributed by atoms with Gasteiger partial charge in [0.15, 0.2) is 5.82 Å². The van der Waals surface area contributed by atoms with Crippen LogP contribution in [0.2, 0.25) is 0 Å². The lowest BCUT2D eigenvalue weighted by Crippen LogP contribution is -2.25. The Hall–Kier alpha value is -2.01. The average molecular weight is 298 g/mol. The SMILES string of the molecule is Cc1cc(NC2CCCC2CCO)nc(-c2cccnc2)n1.